The molecule has 0 saturated carbocycles. The van der Waals surface area contributed by atoms with Crippen molar-refractivity contribution in [2.24, 2.45) is 0 Å². The van der Waals surface area contributed by atoms with Crippen molar-refractivity contribution in [1.29, 1.82) is 0 Å². The first-order valence-electron chi connectivity index (χ1n) is 14.3. The average Bonchev–Trinajstić information content (AvgIpc) is 3.34. The maximum Gasteiger partial charge on any atom is 0.488 e. The lowest BCUT2D eigenvalue weighted by Crippen LogP contribution is -2.36. The number of nitrogens with one attached hydrogen (secondary N) is 1. The van der Waals surface area contributed by atoms with E-state index in [0.717, 1.165) is 47.2 Å². The van der Waals surface area contributed by atoms with Crippen molar-refractivity contribution in [1.82, 2.24) is 14.5 Å². The molecule has 3 heterocycles. The second-order valence-corrected chi connectivity index (χ2v) is 19.2. The van der Waals surface area contributed by atoms with Crippen LogP contribution in [0.3, 0.4) is 0 Å². The first-order chi connectivity index (χ1) is 20.5. The van der Waals surface area contributed by atoms with E-state index in [2.05, 4.69) is 49.9 Å². The van der Waals surface area contributed by atoms with Gasteiger partial charge in [-0.1, -0.05) is 56.0 Å². The number of ether oxygens (including phenoxy) is 2. The summed E-state index contributed by atoms with van der Waals surface area (Å²) in [5.41, 5.74) is 3.84. The number of rotatable bonds is 12. The van der Waals surface area contributed by atoms with Crippen LogP contribution in [0.1, 0.15) is 5.56 Å². The fraction of sp³-hybridized carbons (Fsp3) is 0.379. The van der Waals surface area contributed by atoms with Gasteiger partial charge in [0.1, 0.15) is 24.5 Å². The van der Waals surface area contributed by atoms with Crippen LogP contribution in [0.5, 0.6) is 0 Å². The minimum absolute atomic E-state index is 0.247. The Labute approximate surface area is 253 Å². The SMILES string of the molecule is C[Si](C)(C)CCOCn1c(-c2ccc(NS(=O)(=O)Cc3ccc(B(O)O)cc3)cc2)cc2c(N3CCOCC3)ncnc21. The van der Waals surface area contributed by atoms with Crippen molar-refractivity contribution in [2.75, 3.05) is 42.5 Å². The third-order valence-corrected chi connectivity index (χ3v) is 10.2. The molecule has 43 heavy (non-hydrogen) atoms. The molecule has 0 amide bonds. The Morgan fingerprint density at radius 1 is 1.02 bits per heavy atom. The van der Waals surface area contributed by atoms with Crippen molar-refractivity contribution >= 4 is 53.2 Å². The highest BCUT2D eigenvalue weighted by atomic mass is 32.2. The normalized spacial score (nSPS) is 14.3. The maximum absolute atomic E-state index is 12.9. The Hall–Kier alpha value is -3.27. The summed E-state index contributed by atoms with van der Waals surface area (Å²) in [6, 6.07) is 16.5. The summed E-state index contributed by atoms with van der Waals surface area (Å²) >= 11 is 0. The lowest BCUT2D eigenvalue weighted by molar-refractivity contribution is 0.0909. The van der Waals surface area contributed by atoms with Gasteiger partial charge in [-0.15, -0.1) is 0 Å². The van der Waals surface area contributed by atoms with Crippen LogP contribution >= 0.6 is 0 Å². The molecule has 3 N–H and O–H groups in total. The van der Waals surface area contributed by atoms with E-state index in [1.165, 1.54) is 12.1 Å². The van der Waals surface area contributed by atoms with Crippen LogP contribution in [-0.2, 0) is 32.0 Å². The number of hydrogen-bond donors (Lipinski definition) is 3. The molecule has 1 aliphatic rings. The number of hydrogen-bond acceptors (Lipinski definition) is 9. The molecule has 2 aromatic heterocycles. The zero-order valence-electron chi connectivity index (χ0n) is 24.7. The highest BCUT2D eigenvalue weighted by Crippen LogP contribution is 2.33. The standard InChI is InChI=1S/C29H38BN5O6SSi/c1-43(2,3)17-16-41-21-35-27(18-26-28(31-20-32-29(26)35)34-12-14-40-15-13-34)23-6-10-25(11-7-23)33-42(38,39)19-22-4-8-24(9-5-22)30(36)37/h4-11,18,20,33,36-37H,12-17,19,21H2,1-3H3. The van der Waals surface area contributed by atoms with Gasteiger partial charge in [0, 0.05) is 33.5 Å². The van der Waals surface area contributed by atoms with E-state index in [9.17, 15) is 18.5 Å². The predicted molar refractivity (Wildman–Crippen MR) is 173 cm³/mol. The Morgan fingerprint density at radius 2 is 1.72 bits per heavy atom. The average molecular weight is 624 g/mol. The van der Waals surface area contributed by atoms with Crippen LogP contribution in [0.2, 0.25) is 25.7 Å². The van der Waals surface area contributed by atoms with Crippen LogP contribution in [0.4, 0.5) is 11.5 Å². The lowest BCUT2D eigenvalue weighted by Gasteiger charge is -2.28. The molecule has 0 spiro atoms. The van der Waals surface area contributed by atoms with E-state index >= 15 is 0 Å². The second kappa shape index (κ2) is 13.2. The first kappa shape index (κ1) is 31.2. The molecule has 0 atom stereocenters. The van der Waals surface area contributed by atoms with E-state index in [1.807, 2.05) is 12.1 Å². The Morgan fingerprint density at radius 3 is 2.37 bits per heavy atom. The van der Waals surface area contributed by atoms with Gasteiger partial charge < -0.3 is 29.0 Å². The summed E-state index contributed by atoms with van der Waals surface area (Å²) in [4.78, 5) is 11.5. The third-order valence-electron chi connectivity index (χ3n) is 7.29. The summed E-state index contributed by atoms with van der Waals surface area (Å²) < 4.78 is 42.1. The molecule has 1 fully saturated rings. The van der Waals surface area contributed by atoms with Gasteiger partial charge in [-0.3, -0.25) is 4.72 Å². The van der Waals surface area contributed by atoms with Crippen molar-refractivity contribution in [3.8, 4) is 11.3 Å². The van der Waals surface area contributed by atoms with Crippen molar-refractivity contribution in [2.45, 2.75) is 38.2 Å². The number of anilines is 2. The molecular weight excluding hydrogens is 585 g/mol. The maximum atomic E-state index is 12.9. The van der Waals surface area contributed by atoms with Crippen LogP contribution in [0.15, 0.2) is 60.9 Å². The van der Waals surface area contributed by atoms with E-state index in [1.54, 1.807) is 30.6 Å². The van der Waals surface area contributed by atoms with Gasteiger partial charge in [-0.05, 0) is 40.8 Å². The van der Waals surface area contributed by atoms with Gasteiger partial charge in [0.05, 0.1) is 30.0 Å². The molecular formula is C29H38BN5O6SSi. The van der Waals surface area contributed by atoms with E-state index in [-0.39, 0.29) is 5.75 Å². The highest BCUT2D eigenvalue weighted by Gasteiger charge is 2.21. The van der Waals surface area contributed by atoms with Gasteiger partial charge in [-0.25, -0.2) is 18.4 Å². The zero-order chi connectivity index (χ0) is 30.6. The minimum atomic E-state index is -3.70. The molecule has 14 heteroatoms. The highest BCUT2D eigenvalue weighted by molar-refractivity contribution is 7.91. The molecule has 11 nitrogen and oxygen atoms in total. The Bertz CT molecular complexity index is 1640. The number of aromatic nitrogens is 3. The van der Waals surface area contributed by atoms with Gasteiger partial charge in [0.25, 0.3) is 0 Å². The minimum Gasteiger partial charge on any atom is -0.423 e. The second-order valence-electron chi connectivity index (χ2n) is 11.9. The van der Waals surface area contributed by atoms with Gasteiger partial charge in [0.15, 0.2) is 0 Å². The van der Waals surface area contributed by atoms with Crippen molar-refractivity contribution < 1.29 is 27.9 Å². The molecule has 2 aromatic carbocycles. The van der Waals surface area contributed by atoms with Gasteiger partial charge in [0.2, 0.25) is 10.0 Å². The smallest absolute Gasteiger partial charge is 0.423 e. The topological polar surface area (TPSA) is 139 Å². The molecule has 1 aliphatic heterocycles. The van der Waals surface area contributed by atoms with Gasteiger partial charge >= 0.3 is 7.12 Å². The number of benzene rings is 2. The monoisotopic (exact) mass is 623 g/mol. The summed E-state index contributed by atoms with van der Waals surface area (Å²) in [5, 5.41) is 19.5. The Balaban J connectivity index is 1.39. The molecule has 0 unspecified atom stereocenters. The summed E-state index contributed by atoms with van der Waals surface area (Å²) in [7, 11) is -6.56. The number of nitrogens with zero attached hydrogens (tertiary/aromatic N) is 4. The summed E-state index contributed by atoms with van der Waals surface area (Å²) in [5.74, 6) is 0.615. The third kappa shape index (κ3) is 8.02. The molecule has 5 rings (SSSR count). The first-order valence-corrected chi connectivity index (χ1v) is 19.7. The largest absolute Gasteiger partial charge is 0.488 e. The fourth-order valence-electron chi connectivity index (χ4n) is 4.91. The van der Waals surface area contributed by atoms with Crippen LogP contribution in [0, 0.1) is 0 Å². The van der Waals surface area contributed by atoms with Crippen molar-refractivity contribution in [3.05, 3.63) is 66.5 Å². The van der Waals surface area contributed by atoms with Crippen LogP contribution in [0.25, 0.3) is 22.3 Å². The van der Waals surface area contributed by atoms with Crippen LogP contribution < -0.4 is 15.1 Å². The lowest BCUT2D eigenvalue weighted by atomic mass is 9.80. The quantitative estimate of drug-likeness (QED) is 0.161. The zero-order valence-corrected chi connectivity index (χ0v) is 26.5. The van der Waals surface area contributed by atoms with E-state index in [0.29, 0.717) is 43.3 Å². The molecule has 0 radical (unpaired) electrons. The number of fused-ring (bicyclic) bond motifs is 1. The van der Waals surface area contributed by atoms with Crippen LogP contribution in [-0.4, -0.2) is 81.1 Å². The number of sulfonamides is 1. The van der Waals surface area contributed by atoms with Crippen molar-refractivity contribution in [3.63, 3.8) is 0 Å². The fourth-order valence-corrected chi connectivity index (χ4v) is 6.87. The molecule has 0 bridgehead atoms. The van der Waals surface area contributed by atoms with Gasteiger partial charge in [-0.2, -0.15) is 0 Å². The molecule has 1 saturated heterocycles. The molecule has 4 aromatic rings. The molecule has 0 aliphatic carbocycles. The molecule has 228 valence electrons. The van der Waals surface area contributed by atoms with E-state index < -0.39 is 25.2 Å². The number of morpholine rings is 1. The predicted octanol–water partition coefficient (Wildman–Crippen LogP) is 2.87. The Kier molecular flexibility index (Phi) is 9.54. The van der Waals surface area contributed by atoms with E-state index in [4.69, 9.17) is 9.47 Å². The summed E-state index contributed by atoms with van der Waals surface area (Å²) in [6.07, 6.45) is 1.59. The summed E-state index contributed by atoms with van der Waals surface area (Å²) in [6.45, 7) is 10.8.